The topological polar surface area (TPSA) is 29.1 Å². The summed E-state index contributed by atoms with van der Waals surface area (Å²) in [5.41, 5.74) is 0.805. The Balaban J connectivity index is 2.83. The third-order valence-corrected chi connectivity index (χ3v) is 2.63. The van der Waals surface area contributed by atoms with Crippen molar-refractivity contribution in [2.24, 2.45) is 0 Å². The lowest BCUT2D eigenvalue weighted by Crippen LogP contribution is -2.27. The van der Waals surface area contributed by atoms with Crippen LogP contribution in [0.25, 0.3) is 0 Å². The lowest BCUT2D eigenvalue weighted by molar-refractivity contribution is -0.119. The van der Waals surface area contributed by atoms with Gasteiger partial charge < -0.3 is 5.32 Å². The van der Waals surface area contributed by atoms with E-state index in [1.807, 2.05) is 12.3 Å². The second-order valence-corrected chi connectivity index (χ2v) is 4.17. The minimum absolute atomic E-state index is 0.0988. The van der Waals surface area contributed by atoms with Gasteiger partial charge in [-0.2, -0.15) is 11.8 Å². The molecule has 0 fully saturated rings. The molecule has 0 saturated heterocycles. The molecule has 1 amide bonds. The van der Waals surface area contributed by atoms with Crippen LogP contribution < -0.4 is 5.32 Å². The number of amides is 1. The molecular weight excluding hydrogens is 213 g/mol. The summed E-state index contributed by atoms with van der Waals surface area (Å²) in [6, 6.07) is 6.21. The highest BCUT2D eigenvalue weighted by atomic mass is 32.2. The van der Waals surface area contributed by atoms with Crippen LogP contribution in [0.4, 0.5) is 4.39 Å². The quantitative estimate of drug-likeness (QED) is 0.855. The van der Waals surface area contributed by atoms with E-state index in [0.29, 0.717) is 0 Å². The third-order valence-electron chi connectivity index (χ3n) is 1.96. The van der Waals surface area contributed by atoms with Gasteiger partial charge in [-0.15, -0.1) is 0 Å². The predicted octanol–water partition coefficient (Wildman–Crippen LogP) is 2.37. The summed E-state index contributed by atoms with van der Waals surface area (Å²) in [5.74, 6) is 0.366. The Morgan fingerprint density at radius 1 is 1.60 bits per heavy atom. The van der Waals surface area contributed by atoms with Gasteiger partial charge in [0.15, 0.2) is 0 Å². The molecule has 0 aromatic heterocycles. The van der Waals surface area contributed by atoms with Crippen LogP contribution in [0.15, 0.2) is 24.3 Å². The second-order valence-electron chi connectivity index (χ2n) is 3.26. The van der Waals surface area contributed by atoms with Crippen molar-refractivity contribution in [2.45, 2.75) is 13.0 Å². The highest BCUT2D eigenvalue weighted by molar-refractivity contribution is 7.98. The summed E-state index contributed by atoms with van der Waals surface area (Å²) < 4.78 is 13.0. The first-order chi connectivity index (χ1) is 7.13. The number of hydrogen-bond donors (Lipinski definition) is 1. The predicted molar refractivity (Wildman–Crippen MR) is 61.3 cm³/mol. The SMILES string of the molecule is CSC[C@@H](NC(C)=O)c1cccc(F)c1. The smallest absolute Gasteiger partial charge is 0.217 e. The van der Waals surface area contributed by atoms with Crippen molar-refractivity contribution >= 4 is 17.7 Å². The van der Waals surface area contributed by atoms with Crippen molar-refractivity contribution in [2.75, 3.05) is 12.0 Å². The molecule has 0 aliphatic heterocycles. The molecule has 1 aromatic carbocycles. The summed E-state index contributed by atoms with van der Waals surface area (Å²) in [6.45, 7) is 1.46. The summed E-state index contributed by atoms with van der Waals surface area (Å²) >= 11 is 1.62. The summed E-state index contributed by atoms with van der Waals surface area (Å²) in [5, 5.41) is 2.80. The standard InChI is InChI=1S/C11H14FNOS/c1-8(14)13-11(7-15-2)9-4-3-5-10(12)6-9/h3-6,11H,7H2,1-2H3,(H,13,14)/t11-/m1/s1. The van der Waals surface area contributed by atoms with Crippen molar-refractivity contribution in [1.82, 2.24) is 5.32 Å². The summed E-state index contributed by atoms with van der Waals surface area (Å²) in [7, 11) is 0. The van der Waals surface area contributed by atoms with Gasteiger partial charge in [0.25, 0.3) is 0 Å². The minimum Gasteiger partial charge on any atom is -0.349 e. The lowest BCUT2D eigenvalue weighted by Gasteiger charge is -2.17. The lowest BCUT2D eigenvalue weighted by atomic mass is 10.1. The molecule has 0 unspecified atom stereocenters. The first kappa shape index (κ1) is 12.0. The molecule has 1 atom stereocenters. The Kier molecular flexibility index (Phi) is 4.62. The van der Waals surface area contributed by atoms with Gasteiger partial charge in [0.05, 0.1) is 6.04 Å². The van der Waals surface area contributed by atoms with Crippen LogP contribution in [0.2, 0.25) is 0 Å². The molecule has 0 aliphatic carbocycles. The van der Waals surface area contributed by atoms with Gasteiger partial charge in [-0.1, -0.05) is 12.1 Å². The molecule has 1 aromatic rings. The van der Waals surface area contributed by atoms with E-state index in [4.69, 9.17) is 0 Å². The molecule has 2 nitrogen and oxygen atoms in total. The van der Waals surface area contributed by atoms with Crippen molar-refractivity contribution in [3.63, 3.8) is 0 Å². The van der Waals surface area contributed by atoms with Crippen LogP contribution in [0.3, 0.4) is 0 Å². The summed E-state index contributed by atoms with van der Waals surface area (Å²) in [4.78, 5) is 11.0. The van der Waals surface area contributed by atoms with Gasteiger partial charge in [0.1, 0.15) is 5.82 Å². The number of nitrogens with one attached hydrogen (secondary N) is 1. The normalized spacial score (nSPS) is 12.2. The molecule has 15 heavy (non-hydrogen) atoms. The molecule has 1 rings (SSSR count). The van der Waals surface area contributed by atoms with Gasteiger partial charge in [-0.3, -0.25) is 4.79 Å². The van der Waals surface area contributed by atoms with Gasteiger partial charge >= 0.3 is 0 Å². The van der Waals surface area contributed by atoms with E-state index in [-0.39, 0.29) is 17.8 Å². The third kappa shape index (κ3) is 3.91. The fourth-order valence-electron chi connectivity index (χ4n) is 1.36. The first-order valence-corrected chi connectivity index (χ1v) is 6.04. The van der Waals surface area contributed by atoms with E-state index in [1.54, 1.807) is 17.8 Å². The molecule has 1 N–H and O–H groups in total. The van der Waals surface area contributed by atoms with Crippen molar-refractivity contribution in [1.29, 1.82) is 0 Å². The monoisotopic (exact) mass is 227 g/mol. The van der Waals surface area contributed by atoms with Gasteiger partial charge in [0, 0.05) is 12.7 Å². The van der Waals surface area contributed by atoms with Crippen LogP contribution in [0.1, 0.15) is 18.5 Å². The highest BCUT2D eigenvalue weighted by Gasteiger charge is 2.12. The molecule has 0 heterocycles. The molecule has 0 spiro atoms. The zero-order valence-electron chi connectivity index (χ0n) is 8.79. The van der Waals surface area contributed by atoms with Gasteiger partial charge in [0.2, 0.25) is 5.91 Å². The van der Waals surface area contributed by atoms with Gasteiger partial charge in [-0.05, 0) is 24.0 Å². The van der Waals surface area contributed by atoms with Crippen molar-refractivity contribution < 1.29 is 9.18 Å². The largest absolute Gasteiger partial charge is 0.349 e. The number of hydrogen-bond acceptors (Lipinski definition) is 2. The fraction of sp³-hybridized carbons (Fsp3) is 0.364. The Hall–Kier alpha value is -1.03. The maximum atomic E-state index is 13.0. The molecular formula is C11H14FNOS. The number of rotatable bonds is 4. The average molecular weight is 227 g/mol. The maximum Gasteiger partial charge on any atom is 0.217 e. The molecule has 82 valence electrons. The van der Waals surface area contributed by atoms with Crippen LogP contribution >= 0.6 is 11.8 Å². The molecule has 0 saturated carbocycles. The Morgan fingerprint density at radius 2 is 2.33 bits per heavy atom. The van der Waals surface area contributed by atoms with E-state index in [0.717, 1.165) is 11.3 Å². The van der Waals surface area contributed by atoms with E-state index < -0.39 is 0 Å². The Bertz CT molecular complexity index is 343. The second kappa shape index (κ2) is 5.75. The van der Waals surface area contributed by atoms with E-state index in [1.165, 1.54) is 19.1 Å². The van der Waals surface area contributed by atoms with E-state index in [2.05, 4.69) is 5.32 Å². The van der Waals surface area contributed by atoms with Crippen molar-refractivity contribution in [3.8, 4) is 0 Å². The number of halogens is 1. The molecule has 0 aliphatic rings. The van der Waals surface area contributed by atoms with Crippen molar-refractivity contribution in [3.05, 3.63) is 35.6 Å². The van der Waals surface area contributed by atoms with Crippen LogP contribution in [-0.4, -0.2) is 17.9 Å². The minimum atomic E-state index is -0.274. The number of benzene rings is 1. The maximum absolute atomic E-state index is 13.0. The average Bonchev–Trinajstić information content (AvgIpc) is 2.16. The zero-order chi connectivity index (χ0) is 11.3. The first-order valence-electron chi connectivity index (χ1n) is 4.65. The van der Waals surface area contributed by atoms with E-state index >= 15 is 0 Å². The van der Waals surface area contributed by atoms with Crippen LogP contribution in [0.5, 0.6) is 0 Å². The highest BCUT2D eigenvalue weighted by Crippen LogP contribution is 2.17. The van der Waals surface area contributed by atoms with Crippen LogP contribution in [-0.2, 0) is 4.79 Å². The molecule has 0 radical (unpaired) electrons. The fourth-order valence-corrected chi connectivity index (χ4v) is 1.97. The Labute approximate surface area is 93.3 Å². The zero-order valence-corrected chi connectivity index (χ0v) is 9.60. The Morgan fingerprint density at radius 3 is 2.87 bits per heavy atom. The number of thioether (sulfide) groups is 1. The summed E-state index contributed by atoms with van der Waals surface area (Å²) in [6.07, 6.45) is 1.95. The van der Waals surface area contributed by atoms with Crippen LogP contribution in [0, 0.1) is 5.82 Å². The number of carbonyl (C=O) groups excluding carboxylic acids is 1. The molecule has 0 bridgehead atoms. The molecule has 4 heteroatoms. The van der Waals surface area contributed by atoms with Gasteiger partial charge in [-0.25, -0.2) is 4.39 Å². The number of carbonyl (C=O) groups is 1. The van der Waals surface area contributed by atoms with E-state index in [9.17, 15) is 9.18 Å².